The normalized spacial score (nSPS) is 20.3. The molecule has 1 N–H and O–H groups in total. The summed E-state index contributed by atoms with van der Waals surface area (Å²) in [4.78, 5) is 6.79. The summed E-state index contributed by atoms with van der Waals surface area (Å²) in [6.45, 7) is 2.21. The minimum Gasteiger partial charge on any atom is -0.378 e. The topological polar surface area (TPSA) is 55.2 Å². The molecule has 152 valence electrons. The van der Waals surface area contributed by atoms with Crippen LogP contribution in [0.2, 0.25) is 0 Å². The highest BCUT2D eigenvalue weighted by atomic mass is 19.3. The second kappa shape index (κ2) is 7.98. The van der Waals surface area contributed by atoms with E-state index in [0.29, 0.717) is 43.3 Å². The molecule has 0 unspecified atom stereocenters. The lowest BCUT2D eigenvalue weighted by atomic mass is 9.92. The summed E-state index contributed by atoms with van der Waals surface area (Å²) in [5.74, 6) is -1.39. The van der Waals surface area contributed by atoms with E-state index in [9.17, 15) is 13.2 Å². The molecular weight excluding hydrogens is 371 g/mol. The lowest BCUT2D eigenvalue weighted by Crippen LogP contribution is -2.36. The van der Waals surface area contributed by atoms with Crippen LogP contribution in [0.15, 0.2) is 24.5 Å². The fourth-order valence-corrected chi connectivity index (χ4v) is 3.65. The summed E-state index contributed by atoms with van der Waals surface area (Å²) in [6.07, 6.45) is 3.66. The molecule has 2 aliphatic rings. The van der Waals surface area contributed by atoms with Gasteiger partial charge in [-0.05, 0) is 12.8 Å². The van der Waals surface area contributed by atoms with Gasteiger partial charge < -0.3 is 15.0 Å². The summed E-state index contributed by atoms with van der Waals surface area (Å²) in [5, 5.41) is 7.51. The Labute approximate surface area is 161 Å². The third kappa shape index (κ3) is 4.40. The van der Waals surface area contributed by atoms with Crippen LogP contribution in [-0.4, -0.2) is 53.0 Å². The van der Waals surface area contributed by atoms with Crippen molar-refractivity contribution in [1.29, 1.82) is 0 Å². The maximum absolute atomic E-state index is 13.4. The summed E-state index contributed by atoms with van der Waals surface area (Å²) in [7, 11) is 0. The SMILES string of the molecule is FCc1cnn(-c2cc(N3CCOCC3)cc(NC3CCC(F)(F)CC3)n2)c1. The highest BCUT2D eigenvalue weighted by Gasteiger charge is 2.35. The lowest BCUT2D eigenvalue weighted by Gasteiger charge is -2.31. The summed E-state index contributed by atoms with van der Waals surface area (Å²) < 4.78 is 46.8. The molecule has 6 nitrogen and oxygen atoms in total. The number of ether oxygens (including phenoxy) is 1. The van der Waals surface area contributed by atoms with Gasteiger partial charge in [-0.3, -0.25) is 0 Å². The van der Waals surface area contributed by atoms with E-state index in [1.807, 2.05) is 12.1 Å². The minimum atomic E-state index is -2.57. The van der Waals surface area contributed by atoms with E-state index >= 15 is 0 Å². The first-order chi connectivity index (χ1) is 13.5. The Bertz CT molecular complexity index is 797. The van der Waals surface area contributed by atoms with Gasteiger partial charge in [-0.1, -0.05) is 0 Å². The van der Waals surface area contributed by atoms with Crippen LogP contribution >= 0.6 is 0 Å². The maximum Gasteiger partial charge on any atom is 0.248 e. The number of rotatable bonds is 5. The Kier molecular flexibility index (Phi) is 5.43. The highest BCUT2D eigenvalue weighted by Crippen LogP contribution is 2.34. The van der Waals surface area contributed by atoms with Crippen molar-refractivity contribution in [3.63, 3.8) is 0 Å². The van der Waals surface area contributed by atoms with E-state index in [0.717, 1.165) is 18.8 Å². The van der Waals surface area contributed by atoms with Crippen molar-refractivity contribution in [2.75, 3.05) is 36.5 Å². The quantitative estimate of drug-likeness (QED) is 0.839. The molecule has 0 bridgehead atoms. The first-order valence-corrected chi connectivity index (χ1v) is 9.61. The first kappa shape index (κ1) is 19.0. The van der Waals surface area contributed by atoms with Crippen molar-refractivity contribution < 1.29 is 17.9 Å². The monoisotopic (exact) mass is 395 g/mol. The number of pyridine rings is 1. The Morgan fingerprint density at radius 3 is 2.61 bits per heavy atom. The van der Waals surface area contributed by atoms with E-state index in [4.69, 9.17) is 4.74 Å². The lowest BCUT2D eigenvalue weighted by molar-refractivity contribution is -0.0361. The van der Waals surface area contributed by atoms with Crippen molar-refractivity contribution in [3.8, 4) is 5.82 Å². The number of hydrogen-bond donors (Lipinski definition) is 1. The van der Waals surface area contributed by atoms with Crippen molar-refractivity contribution >= 4 is 11.5 Å². The molecule has 2 fully saturated rings. The number of alkyl halides is 3. The zero-order chi connectivity index (χ0) is 19.6. The second-order valence-corrected chi connectivity index (χ2v) is 7.37. The van der Waals surface area contributed by atoms with Crippen LogP contribution in [0.5, 0.6) is 0 Å². The van der Waals surface area contributed by atoms with Gasteiger partial charge in [0.15, 0.2) is 5.82 Å². The van der Waals surface area contributed by atoms with Gasteiger partial charge in [0, 0.05) is 61.6 Å². The minimum absolute atomic E-state index is 0.0426. The van der Waals surface area contributed by atoms with E-state index in [2.05, 4.69) is 20.3 Å². The molecule has 0 amide bonds. The van der Waals surface area contributed by atoms with E-state index < -0.39 is 12.6 Å². The fraction of sp³-hybridized carbons (Fsp3) is 0.579. The molecule has 3 heterocycles. The molecule has 0 spiro atoms. The van der Waals surface area contributed by atoms with Gasteiger partial charge >= 0.3 is 0 Å². The molecular formula is C19H24F3N5O. The highest BCUT2D eigenvalue weighted by molar-refractivity contribution is 5.59. The Balaban J connectivity index is 1.59. The Morgan fingerprint density at radius 2 is 1.93 bits per heavy atom. The van der Waals surface area contributed by atoms with Gasteiger partial charge in [-0.25, -0.2) is 22.8 Å². The van der Waals surface area contributed by atoms with Crippen LogP contribution in [0, 0.1) is 0 Å². The van der Waals surface area contributed by atoms with Crippen LogP contribution in [-0.2, 0) is 11.4 Å². The molecule has 0 aromatic carbocycles. The molecule has 28 heavy (non-hydrogen) atoms. The summed E-state index contributed by atoms with van der Waals surface area (Å²) in [6, 6.07) is 3.79. The maximum atomic E-state index is 13.4. The molecule has 2 aromatic heterocycles. The number of anilines is 2. The second-order valence-electron chi connectivity index (χ2n) is 7.37. The molecule has 0 atom stereocenters. The van der Waals surface area contributed by atoms with Gasteiger partial charge in [0.1, 0.15) is 12.5 Å². The van der Waals surface area contributed by atoms with Crippen molar-refractivity contribution in [2.24, 2.45) is 0 Å². The van der Waals surface area contributed by atoms with E-state index in [1.165, 1.54) is 6.20 Å². The van der Waals surface area contributed by atoms with Crippen LogP contribution in [0.25, 0.3) is 5.82 Å². The van der Waals surface area contributed by atoms with Gasteiger partial charge in [0.2, 0.25) is 5.92 Å². The fourth-order valence-electron chi connectivity index (χ4n) is 3.65. The third-order valence-corrected chi connectivity index (χ3v) is 5.27. The van der Waals surface area contributed by atoms with Crippen molar-refractivity contribution in [1.82, 2.24) is 14.8 Å². The number of nitrogens with zero attached hydrogens (tertiary/aromatic N) is 4. The molecule has 1 aliphatic heterocycles. The summed E-state index contributed by atoms with van der Waals surface area (Å²) >= 11 is 0. The molecule has 1 aliphatic carbocycles. The standard InChI is InChI=1S/C19H24F3N5O/c20-11-14-12-23-27(13-14)18-10-16(26-5-7-28-8-6-26)9-17(25-18)24-15-1-3-19(21,22)4-2-15/h9-10,12-13,15H,1-8,11H2,(H,24,25). The van der Waals surface area contributed by atoms with Gasteiger partial charge in [-0.2, -0.15) is 5.10 Å². The summed E-state index contributed by atoms with van der Waals surface area (Å²) in [5.41, 5.74) is 1.43. The average molecular weight is 395 g/mol. The number of morpholine rings is 1. The average Bonchev–Trinajstić information content (AvgIpc) is 3.19. The third-order valence-electron chi connectivity index (χ3n) is 5.27. The molecule has 1 saturated heterocycles. The van der Waals surface area contributed by atoms with Gasteiger partial charge in [0.05, 0.1) is 19.4 Å². The van der Waals surface area contributed by atoms with Crippen LogP contribution in [0.3, 0.4) is 0 Å². The number of aromatic nitrogens is 3. The predicted octanol–water partition coefficient (Wildman–Crippen LogP) is 3.56. The molecule has 9 heteroatoms. The smallest absolute Gasteiger partial charge is 0.248 e. The molecule has 2 aromatic rings. The van der Waals surface area contributed by atoms with Crippen LogP contribution in [0.4, 0.5) is 24.7 Å². The van der Waals surface area contributed by atoms with Crippen LogP contribution < -0.4 is 10.2 Å². The number of halogens is 3. The van der Waals surface area contributed by atoms with Gasteiger partial charge in [0.25, 0.3) is 0 Å². The number of nitrogens with one attached hydrogen (secondary N) is 1. The predicted molar refractivity (Wildman–Crippen MR) is 100 cm³/mol. The number of hydrogen-bond acceptors (Lipinski definition) is 5. The molecule has 4 rings (SSSR count). The Hall–Kier alpha value is -2.29. The van der Waals surface area contributed by atoms with Gasteiger partial charge in [-0.15, -0.1) is 0 Å². The first-order valence-electron chi connectivity index (χ1n) is 9.61. The van der Waals surface area contributed by atoms with Crippen molar-refractivity contribution in [3.05, 3.63) is 30.1 Å². The zero-order valence-corrected chi connectivity index (χ0v) is 15.6. The molecule has 0 radical (unpaired) electrons. The van der Waals surface area contributed by atoms with Crippen LogP contribution in [0.1, 0.15) is 31.2 Å². The Morgan fingerprint density at radius 1 is 1.18 bits per heavy atom. The molecule has 1 saturated carbocycles. The van der Waals surface area contributed by atoms with E-state index in [1.54, 1.807) is 10.9 Å². The largest absolute Gasteiger partial charge is 0.378 e. The zero-order valence-electron chi connectivity index (χ0n) is 15.6. The van der Waals surface area contributed by atoms with Crippen molar-refractivity contribution in [2.45, 2.75) is 44.3 Å². The van der Waals surface area contributed by atoms with E-state index in [-0.39, 0.29) is 18.9 Å².